The van der Waals surface area contributed by atoms with Crippen molar-refractivity contribution in [1.29, 1.82) is 0 Å². The van der Waals surface area contributed by atoms with Gasteiger partial charge in [-0.1, -0.05) is 24.3 Å². The molecule has 0 saturated carbocycles. The fraction of sp³-hybridized carbons (Fsp3) is 0.250. The Morgan fingerprint density at radius 3 is 2.59 bits per heavy atom. The summed E-state index contributed by atoms with van der Waals surface area (Å²) in [5.74, 6) is -1.19. The fourth-order valence-electron chi connectivity index (χ4n) is 2.69. The number of aromatic nitrogens is 1. The van der Waals surface area contributed by atoms with Gasteiger partial charge in [-0.2, -0.15) is 4.99 Å². The molecule has 5 nitrogen and oxygen atoms in total. The van der Waals surface area contributed by atoms with Crippen LogP contribution in [0.1, 0.15) is 29.3 Å². The van der Waals surface area contributed by atoms with E-state index in [1.165, 1.54) is 48.3 Å². The van der Waals surface area contributed by atoms with Gasteiger partial charge >= 0.3 is 5.97 Å². The molecule has 0 unspecified atom stereocenters. The van der Waals surface area contributed by atoms with E-state index in [-0.39, 0.29) is 12.4 Å². The van der Waals surface area contributed by atoms with Gasteiger partial charge < -0.3 is 9.30 Å². The number of hydrogen-bond donors (Lipinski definition) is 0. The predicted molar refractivity (Wildman–Crippen MR) is 102 cm³/mol. The zero-order valence-electron chi connectivity index (χ0n) is 15.1. The Labute approximate surface area is 159 Å². The number of thiazole rings is 1. The zero-order valence-corrected chi connectivity index (χ0v) is 15.9. The molecule has 0 bridgehead atoms. The second-order valence-corrected chi connectivity index (χ2v) is 6.95. The molecule has 1 heterocycles. The van der Waals surface area contributed by atoms with E-state index in [2.05, 4.69) is 18.0 Å². The molecule has 0 aliphatic rings. The molecule has 27 heavy (non-hydrogen) atoms. The van der Waals surface area contributed by atoms with E-state index >= 15 is 0 Å². The monoisotopic (exact) mass is 386 g/mol. The number of methoxy groups -OCH3 is 1. The third-order valence-electron chi connectivity index (χ3n) is 4.21. The maximum atomic E-state index is 13.1. The van der Waals surface area contributed by atoms with Gasteiger partial charge in [0.25, 0.3) is 5.91 Å². The summed E-state index contributed by atoms with van der Waals surface area (Å²) in [4.78, 5) is 28.8. The van der Waals surface area contributed by atoms with E-state index in [9.17, 15) is 14.0 Å². The second kappa shape index (κ2) is 8.26. The van der Waals surface area contributed by atoms with Crippen molar-refractivity contribution in [3.05, 3.63) is 64.2 Å². The molecule has 0 radical (unpaired) electrons. The minimum Gasteiger partial charge on any atom is -0.469 e. The average molecular weight is 386 g/mol. The highest BCUT2D eigenvalue weighted by atomic mass is 32.1. The average Bonchev–Trinajstić information content (AvgIpc) is 3.02. The molecule has 1 aromatic heterocycles. The van der Waals surface area contributed by atoms with Crippen LogP contribution < -0.4 is 4.80 Å². The Hall–Kier alpha value is -2.80. The second-order valence-electron chi connectivity index (χ2n) is 5.94. The van der Waals surface area contributed by atoms with Crippen molar-refractivity contribution in [2.45, 2.75) is 26.3 Å². The summed E-state index contributed by atoms with van der Waals surface area (Å²) in [7, 11) is 1.34. The zero-order chi connectivity index (χ0) is 19.4. The number of amides is 1. The molecule has 1 amide bonds. The topological polar surface area (TPSA) is 60.7 Å². The Bertz CT molecular complexity index is 1050. The molecule has 140 valence electrons. The lowest BCUT2D eigenvalue weighted by atomic mass is 10.2. The molecule has 0 saturated heterocycles. The third-order valence-corrected chi connectivity index (χ3v) is 5.25. The van der Waals surface area contributed by atoms with Crippen LogP contribution in [-0.4, -0.2) is 23.6 Å². The highest BCUT2D eigenvalue weighted by molar-refractivity contribution is 7.16. The van der Waals surface area contributed by atoms with Gasteiger partial charge in [0.05, 0.1) is 23.7 Å². The Morgan fingerprint density at radius 1 is 1.19 bits per heavy atom. The summed E-state index contributed by atoms with van der Waals surface area (Å²) in [6.45, 7) is 2.43. The van der Waals surface area contributed by atoms with Gasteiger partial charge in [0.15, 0.2) is 4.80 Å². The summed E-state index contributed by atoms with van der Waals surface area (Å²) in [6, 6.07) is 11.3. The number of aryl methyl sites for hydroxylation is 2. The standard InChI is InChI=1S/C20H19FN2O3S/c1-3-13-4-9-16-17(12-13)27-20(23(16)11-10-18(24)26-2)22-19(25)14-5-7-15(21)8-6-14/h4-9,12H,3,10-11H2,1-2H3. The minimum atomic E-state index is -0.455. The number of rotatable bonds is 5. The first-order chi connectivity index (χ1) is 13.0. The van der Waals surface area contributed by atoms with Gasteiger partial charge in [-0.15, -0.1) is 0 Å². The maximum Gasteiger partial charge on any atom is 0.307 e. The van der Waals surface area contributed by atoms with Gasteiger partial charge in [0.1, 0.15) is 5.82 Å². The molecule has 3 aromatic rings. The van der Waals surface area contributed by atoms with Crippen molar-refractivity contribution in [3.63, 3.8) is 0 Å². The number of ether oxygens (including phenoxy) is 1. The number of fused-ring (bicyclic) bond motifs is 1. The molecule has 0 N–H and O–H groups in total. The van der Waals surface area contributed by atoms with Gasteiger partial charge in [-0.3, -0.25) is 9.59 Å². The lowest BCUT2D eigenvalue weighted by molar-refractivity contribution is -0.140. The minimum absolute atomic E-state index is 0.176. The largest absolute Gasteiger partial charge is 0.469 e. The van der Waals surface area contributed by atoms with E-state index in [1.54, 1.807) is 0 Å². The summed E-state index contributed by atoms with van der Waals surface area (Å²) in [5, 5.41) is 0. The number of esters is 1. The van der Waals surface area contributed by atoms with Crippen LogP contribution in [0.4, 0.5) is 4.39 Å². The van der Waals surface area contributed by atoms with Crippen LogP contribution in [0.15, 0.2) is 47.5 Å². The number of hydrogen-bond acceptors (Lipinski definition) is 4. The molecule has 0 spiro atoms. The molecule has 3 rings (SSSR count). The number of carbonyl (C=O) groups is 2. The summed E-state index contributed by atoms with van der Waals surface area (Å²) in [6.07, 6.45) is 1.08. The number of nitrogens with zero attached hydrogens (tertiary/aromatic N) is 2. The van der Waals surface area contributed by atoms with Crippen LogP contribution in [0.5, 0.6) is 0 Å². The quantitative estimate of drug-likeness (QED) is 0.628. The summed E-state index contributed by atoms with van der Waals surface area (Å²) >= 11 is 1.39. The van der Waals surface area contributed by atoms with Crippen LogP contribution in [0.2, 0.25) is 0 Å². The lowest BCUT2D eigenvalue weighted by Gasteiger charge is -2.05. The Kier molecular flexibility index (Phi) is 5.81. The van der Waals surface area contributed by atoms with Gasteiger partial charge in [-0.05, 0) is 48.4 Å². The molecule has 2 aromatic carbocycles. The predicted octanol–water partition coefficient (Wildman–Crippen LogP) is 3.71. The van der Waals surface area contributed by atoms with Crippen LogP contribution in [0, 0.1) is 5.82 Å². The summed E-state index contributed by atoms with van der Waals surface area (Å²) in [5.41, 5.74) is 2.40. The third kappa shape index (κ3) is 4.31. The number of benzene rings is 2. The highest BCUT2D eigenvalue weighted by Crippen LogP contribution is 2.20. The van der Waals surface area contributed by atoms with Crippen LogP contribution >= 0.6 is 11.3 Å². The first kappa shape index (κ1) is 19.0. The van der Waals surface area contributed by atoms with Crippen molar-refractivity contribution in [1.82, 2.24) is 4.57 Å². The van der Waals surface area contributed by atoms with Gasteiger partial charge in [0, 0.05) is 12.1 Å². The van der Waals surface area contributed by atoms with Gasteiger partial charge in [-0.25, -0.2) is 4.39 Å². The first-order valence-electron chi connectivity index (χ1n) is 8.55. The van der Waals surface area contributed by atoms with E-state index in [1.807, 2.05) is 16.7 Å². The van der Waals surface area contributed by atoms with Gasteiger partial charge in [0.2, 0.25) is 0 Å². The highest BCUT2D eigenvalue weighted by Gasteiger charge is 2.11. The number of halogens is 1. The maximum absolute atomic E-state index is 13.1. The van der Waals surface area contributed by atoms with E-state index < -0.39 is 11.7 Å². The van der Waals surface area contributed by atoms with Crippen LogP contribution in [0.25, 0.3) is 10.2 Å². The number of carbonyl (C=O) groups excluding carboxylic acids is 2. The van der Waals surface area contributed by atoms with Crippen LogP contribution in [0.3, 0.4) is 0 Å². The molecule has 0 aliphatic heterocycles. The molecular formula is C20H19FN2O3S. The first-order valence-corrected chi connectivity index (χ1v) is 9.37. The van der Waals surface area contributed by atoms with E-state index in [0.717, 1.165) is 16.6 Å². The molecular weight excluding hydrogens is 367 g/mol. The van der Waals surface area contributed by atoms with Crippen LogP contribution in [-0.2, 0) is 22.5 Å². The van der Waals surface area contributed by atoms with Crippen molar-refractivity contribution >= 4 is 33.4 Å². The SMILES string of the molecule is CCc1ccc2c(c1)sc(=NC(=O)c1ccc(F)cc1)n2CCC(=O)OC. The van der Waals surface area contributed by atoms with Crippen molar-refractivity contribution < 1.29 is 18.7 Å². The Balaban J connectivity index is 2.07. The Morgan fingerprint density at radius 2 is 1.93 bits per heavy atom. The molecule has 7 heteroatoms. The lowest BCUT2D eigenvalue weighted by Crippen LogP contribution is -2.19. The van der Waals surface area contributed by atoms with E-state index in [4.69, 9.17) is 4.74 Å². The normalized spacial score (nSPS) is 11.7. The van der Waals surface area contributed by atoms with Crippen molar-refractivity contribution in [2.24, 2.45) is 4.99 Å². The fourth-order valence-corrected chi connectivity index (χ4v) is 3.81. The van der Waals surface area contributed by atoms with Crippen molar-refractivity contribution in [3.8, 4) is 0 Å². The molecule has 0 atom stereocenters. The summed E-state index contributed by atoms with van der Waals surface area (Å²) < 4.78 is 20.6. The smallest absolute Gasteiger partial charge is 0.307 e. The molecule has 0 aliphatic carbocycles. The van der Waals surface area contributed by atoms with Crippen molar-refractivity contribution in [2.75, 3.05) is 7.11 Å². The van der Waals surface area contributed by atoms with E-state index in [0.29, 0.717) is 16.9 Å². The molecule has 0 fully saturated rings.